The van der Waals surface area contributed by atoms with Gasteiger partial charge in [0, 0.05) is 19.2 Å². The lowest BCUT2D eigenvalue weighted by Crippen LogP contribution is -2.28. The minimum absolute atomic E-state index is 0.0788. The fraction of sp³-hybridized carbons (Fsp3) is 0.500. The molecule has 0 atom stereocenters. The first kappa shape index (κ1) is 15.1. The minimum atomic E-state index is -3.70. The molecule has 0 saturated heterocycles. The van der Waals surface area contributed by atoms with Gasteiger partial charge in [-0.25, -0.2) is 17.1 Å². The maximum absolute atomic E-state index is 13.6. The summed E-state index contributed by atoms with van der Waals surface area (Å²) in [6.07, 6.45) is 0.678. The molecule has 1 aromatic carbocycles. The molecule has 0 aliphatic carbocycles. The van der Waals surface area contributed by atoms with Crippen LogP contribution in [0.15, 0.2) is 17.0 Å². The van der Waals surface area contributed by atoms with Crippen LogP contribution in [0.1, 0.15) is 24.5 Å². The van der Waals surface area contributed by atoms with E-state index in [0.29, 0.717) is 13.0 Å². The Bertz CT molecular complexity index is 528. The zero-order valence-corrected chi connectivity index (χ0v) is 11.6. The van der Waals surface area contributed by atoms with E-state index in [1.165, 1.54) is 24.3 Å². The van der Waals surface area contributed by atoms with Crippen molar-refractivity contribution in [1.29, 1.82) is 0 Å². The summed E-state index contributed by atoms with van der Waals surface area (Å²) in [5, 5.41) is 9.01. The Balaban J connectivity index is 3.36. The molecule has 0 fully saturated rings. The number of aliphatic hydroxyl groups is 1. The smallest absolute Gasteiger partial charge is 0.243 e. The lowest BCUT2D eigenvalue weighted by molar-refractivity contribution is 0.280. The molecule has 1 aromatic rings. The quantitative estimate of drug-likeness (QED) is 0.889. The van der Waals surface area contributed by atoms with E-state index in [4.69, 9.17) is 5.11 Å². The van der Waals surface area contributed by atoms with Gasteiger partial charge in [-0.3, -0.25) is 0 Å². The van der Waals surface area contributed by atoms with Gasteiger partial charge in [0.25, 0.3) is 0 Å². The second kappa shape index (κ2) is 5.77. The van der Waals surface area contributed by atoms with Gasteiger partial charge in [-0.05, 0) is 31.0 Å². The number of hydrogen-bond acceptors (Lipinski definition) is 3. The molecule has 1 rings (SSSR count). The zero-order chi connectivity index (χ0) is 13.9. The van der Waals surface area contributed by atoms with E-state index in [0.717, 1.165) is 6.07 Å². The van der Waals surface area contributed by atoms with Crippen LogP contribution >= 0.6 is 0 Å². The number of rotatable bonds is 5. The third-order valence-electron chi connectivity index (χ3n) is 2.77. The molecule has 0 aromatic heterocycles. The molecular formula is C12H18FNO3S. The zero-order valence-electron chi connectivity index (χ0n) is 10.8. The highest BCUT2D eigenvalue weighted by molar-refractivity contribution is 7.89. The summed E-state index contributed by atoms with van der Waals surface area (Å²) in [5.41, 5.74) is 0.330. The Morgan fingerprint density at radius 2 is 2.00 bits per heavy atom. The highest BCUT2D eigenvalue weighted by atomic mass is 32.2. The first-order valence-electron chi connectivity index (χ1n) is 5.70. The van der Waals surface area contributed by atoms with Gasteiger partial charge in [0.15, 0.2) is 0 Å². The maximum atomic E-state index is 13.6. The van der Waals surface area contributed by atoms with E-state index >= 15 is 0 Å². The number of aliphatic hydroxyl groups excluding tert-OH is 1. The Morgan fingerprint density at radius 1 is 1.39 bits per heavy atom. The van der Waals surface area contributed by atoms with E-state index in [9.17, 15) is 12.8 Å². The van der Waals surface area contributed by atoms with Crippen molar-refractivity contribution in [2.24, 2.45) is 0 Å². The lowest BCUT2D eigenvalue weighted by Gasteiger charge is -2.18. The maximum Gasteiger partial charge on any atom is 0.243 e. The molecule has 0 aliphatic heterocycles. The Kier molecular flexibility index (Phi) is 4.84. The van der Waals surface area contributed by atoms with Gasteiger partial charge in [0.05, 0.1) is 11.5 Å². The van der Waals surface area contributed by atoms with Crippen LogP contribution in [-0.2, 0) is 16.6 Å². The van der Waals surface area contributed by atoms with Crippen molar-refractivity contribution in [1.82, 2.24) is 4.31 Å². The van der Waals surface area contributed by atoms with Gasteiger partial charge in [0.2, 0.25) is 10.0 Å². The summed E-state index contributed by atoms with van der Waals surface area (Å²) >= 11 is 0. The highest BCUT2D eigenvalue weighted by Crippen LogP contribution is 2.23. The predicted octanol–water partition coefficient (Wildman–Crippen LogP) is 1.66. The molecule has 4 nitrogen and oxygen atoms in total. The van der Waals surface area contributed by atoms with Gasteiger partial charge in [-0.15, -0.1) is 0 Å². The number of hydrogen-bond donors (Lipinski definition) is 1. The van der Waals surface area contributed by atoms with Crippen LogP contribution in [0.25, 0.3) is 0 Å². The molecule has 0 aliphatic rings. The minimum Gasteiger partial charge on any atom is -0.392 e. The molecule has 1 N–H and O–H groups in total. The van der Waals surface area contributed by atoms with Crippen molar-refractivity contribution in [2.45, 2.75) is 31.8 Å². The SMILES string of the molecule is CCCN(C)S(=O)(=O)c1cc(CO)cc(F)c1C. The summed E-state index contributed by atoms with van der Waals surface area (Å²) in [6, 6.07) is 2.47. The third kappa shape index (κ3) is 2.88. The summed E-state index contributed by atoms with van der Waals surface area (Å²) in [4.78, 5) is -0.0810. The molecule has 6 heteroatoms. The van der Waals surface area contributed by atoms with Crippen LogP contribution in [0.4, 0.5) is 4.39 Å². The third-order valence-corrected chi connectivity index (χ3v) is 4.75. The van der Waals surface area contributed by atoms with Gasteiger partial charge in [0.1, 0.15) is 5.82 Å². The summed E-state index contributed by atoms with van der Waals surface area (Å²) in [5.74, 6) is -0.620. The average molecular weight is 275 g/mol. The van der Waals surface area contributed by atoms with Crippen molar-refractivity contribution < 1.29 is 17.9 Å². The second-order valence-electron chi connectivity index (χ2n) is 4.19. The molecule has 0 spiro atoms. The van der Waals surface area contributed by atoms with Crippen LogP contribution in [0.3, 0.4) is 0 Å². The Hall–Kier alpha value is -0.980. The van der Waals surface area contributed by atoms with Crippen molar-refractivity contribution in [3.8, 4) is 0 Å². The molecule has 0 unspecified atom stereocenters. The molecule has 18 heavy (non-hydrogen) atoms. The van der Waals surface area contributed by atoms with Gasteiger partial charge in [-0.2, -0.15) is 0 Å². The molecule has 0 saturated carbocycles. The normalized spacial score (nSPS) is 12.1. The molecular weight excluding hydrogens is 257 g/mol. The van der Waals surface area contributed by atoms with E-state index < -0.39 is 22.4 Å². The fourth-order valence-corrected chi connectivity index (χ4v) is 3.21. The molecule has 0 bridgehead atoms. The molecule has 102 valence electrons. The molecule has 0 heterocycles. The predicted molar refractivity (Wildman–Crippen MR) is 67.2 cm³/mol. The van der Waals surface area contributed by atoms with E-state index in [1.54, 1.807) is 0 Å². The van der Waals surface area contributed by atoms with Crippen LogP contribution in [0.2, 0.25) is 0 Å². The van der Waals surface area contributed by atoms with E-state index in [-0.39, 0.29) is 16.0 Å². The topological polar surface area (TPSA) is 57.6 Å². The van der Waals surface area contributed by atoms with Gasteiger partial charge in [-0.1, -0.05) is 6.92 Å². The molecule has 0 amide bonds. The fourth-order valence-electron chi connectivity index (χ4n) is 1.67. The first-order chi connectivity index (χ1) is 8.34. The van der Waals surface area contributed by atoms with Crippen molar-refractivity contribution in [3.05, 3.63) is 29.1 Å². The number of benzene rings is 1. The molecule has 0 radical (unpaired) electrons. The Labute approximate surface area is 107 Å². The van der Waals surface area contributed by atoms with Crippen molar-refractivity contribution >= 4 is 10.0 Å². The highest BCUT2D eigenvalue weighted by Gasteiger charge is 2.24. The number of halogens is 1. The summed E-state index contributed by atoms with van der Waals surface area (Å²) in [6.45, 7) is 3.26. The average Bonchev–Trinajstić information content (AvgIpc) is 2.32. The van der Waals surface area contributed by atoms with Crippen LogP contribution in [0.5, 0.6) is 0 Å². The van der Waals surface area contributed by atoms with Gasteiger partial charge >= 0.3 is 0 Å². The lowest BCUT2D eigenvalue weighted by atomic mass is 10.1. The largest absolute Gasteiger partial charge is 0.392 e. The van der Waals surface area contributed by atoms with Crippen LogP contribution in [0, 0.1) is 12.7 Å². The summed E-state index contributed by atoms with van der Waals surface area (Å²) < 4.78 is 39.3. The van der Waals surface area contributed by atoms with Crippen molar-refractivity contribution in [2.75, 3.05) is 13.6 Å². The number of nitrogens with zero attached hydrogens (tertiary/aromatic N) is 1. The number of sulfonamides is 1. The van der Waals surface area contributed by atoms with Crippen LogP contribution < -0.4 is 0 Å². The van der Waals surface area contributed by atoms with Crippen LogP contribution in [-0.4, -0.2) is 31.4 Å². The van der Waals surface area contributed by atoms with E-state index in [1.807, 2.05) is 6.92 Å². The second-order valence-corrected chi connectivity index (χ2v) is 6.20. The monoisotopic (exact) mass is 275 g/mol. The Morgan fingerprint density at radius 3 is 2.50 bits per heavy atom. The first-order valence-corrected chi connectivity index (χ1v) is 7.14. The summed E-state index contributed by atoms with van der Waals surface area (Å²) in [7, 11) is -2.24. The van der Waals surface area contributed by atoms with Crippen molar-refractivity contribution in [3.63, 3.8) is 0 Å². The standard InChI is InChI=1S/C12H18FNO3S/c1-4-5-14(3)18(16,17)12-7-10(8-15)6-11(13)9(12)2/h6-7,15H,4-5,8H2,1-3H3. The van der Waals surface area contributed by atoms with Gasteiger partial charge < -0.3 is 5.11 Å². The van der Waals surface area contributed by atoms with E-state index in [2.05, 4.69) is 0 Å².